The molecule has 1 atom stereocenters. The molecule has 1 aromatic heterocycles. The van der Waals surface area contributed by atoms with Gasteiger partial charge in [-0.3, -0.25) is 4.68 Å². The molecule has 1 aromatic rings. The van der Waals surface area contributed by atoms with Gasteiger partial charge in [-0.25, -0.2) is 4.79 Å². The molecular formula is C8H13N3O2. The molecule has 0 aromatic carbocycles. The quantitative estimate of drug-likeness (QED) is 0.650. The lowest BCUT2D eigenvalue weighted by atomic mass is 10.1. The normalized spacial score (nSPS) is 12.6. The van der Waals surface area contributed by atoms with E-state index in [-0.39, 0.29) is 0 Å². The number of nitrogens with zero attached hydrogens (tertiary/aromatic N) is 2. The third kappa shape index (κ3) is 1.70. The van der Waals surface area contributed by atoms with E-state index in [0.29, 0.717) is 5.69 Å². The molecule has 0 fully saturated rings. The van der Waals surface area contributed by atoms with E-state index in [2.05, 4.69) is 9.84 Å². The zero-order valence-electron chi connectivity index (χ0n) is 7.94. The minimum atomic E-state index is -0.752. The van der Waals surface area contributed by atoms with Gasteiger partial charge in [0.1, 0.15) is 6.04 Å². The number of nitrogens with two attached hydrogens (primary N) is 1. The monoisotopic (exact) mass is 183 g/mol. The zero-order chi connectivity index (χ0) is 10.0. The Morgan fingerprint density at radius 3 is 2.77 bits per heavy atom. The van der Waals surface area contributed by atoms with Crippen molar-refractivity contribution in [2.45, 2.75) is 13.0 Å². The number of rotatable bonds is 2. The summed E-state index contributed by atoms with van der Waals surface area (Å²) in [7, 11) is 3.05. The van der Waals surface area contributed by atoms with Crippen LogP contribution < -0.4 is 5.73 Å². The second kappa shape index (κ2) is 3.57. The van der Waals surface area contributed by atoms with Crippen molar-refractivity contribution in [2.75, 3.05) is 7.11 Å². The van der Waals surface area contributed by atoms with E-state index < -0.39 is 12.0 Å². The Morgan fingerprint density at radius 1 is 1.77 bits per heavy atom. The number of carbonyl (C=O) groups is 1. The van der Waals surface area contributed by atoms with Gasteiger partial charge < -0.3 is 10.5 Å². The van der Waals surface area contributed by atoms with Crippen LogP contribution in [0.1, 0.15) is 17.3 Å². The average Bonchev–Trinajstić information content (AvgIpc) is 2.44. The van der Waals surface area contributed by atoms with Crippen LogP contribution in [0.3, 0.4) is 0 Å². The fraction of sp³-hybridized carbons (Fsp3) is 0.500. The number of aromatic nitrogens is 2. The lowest BCUT2D eigenvalue weighted by molar-refractivity contribution is -0.142. The van der Waals surface area contributed by atoms with Crippen LogP contribution in [0.15, 0.2) is 6.20 Å². The fourth-order valence-electron chi connectivity index (χ4n) is 1.24. The maximum Gasteiger partial charge on any atom is 0.328 e. The summed E-state index contributed by atoms with van der Waals surface area (Å²) >= 11 is 0. The molecule has 0 aliphatic rings. The highest BCUT2D eigenvalue weighted by molar-refractivity contribution is 5.77. The predicted octanol–water partition coefficient (Wildman–Crippen LogP) is -0.0987. The van der Waals surface area contributed by atoms with Gasteiger partial charge in [0.2, 0.25) is 0 Å². The van der Waals surface area contributed by atoms with Gasteiger partial charge in [-0.05, 0) is 12.5 Å². The smallest absolute Gasteiger partial charge is 0.328 e. The molecule has 0 bridgehead atoms. The summed E-state index contributed by atoms with van der Waals surface area (Å²) in [5, 5.41) is 3.98. The molecule has 2 N–H and O–H groups in total. The predicted molar refractivity (Wildman–Crippen MR) is 46.9 cm³/mol. The van der Waals surface area contributed by atoms with Crippen LogP contribution in [-0.4, -0.2) is 22.9 Å². The van der Waals surface area contributed by atoms with Crippen molar-refractivity contribution in [1.29, 1.82) is 0 Å². The van der Waals surface area contributed by atoms with E-state index in [0.717, 1.165) is 5.56 Å². The van der Waals surface area contributed by atoms with Crippen molar-refractivity contribution >= 4 is 5.97 Å². The first-order valence-corrected chi connectivity index (χ1v) is 3.89. The second-order valence-corrected chi connectivity index (χ2v) is 2.84. The van der Waals surface area contributed by atoms with Gasteiger partial charge in [-0.15, -0.1) is 0 Å². The average molecular weight is 183 g/mol. The van der Waals surface area contributed by atoms with Gasteiger partial charge >= 0.3 is 5.97 Å². The molecule has 0 saturated heterocycles. The molecule has 0 aliphatic carbocycles. The number of carbonyl (C=O) groups excluding carboxylic acids is 1. The number of hydrogen-bond donors (Lipinski definition) is 1. The van der Waals surface area contributed by atoms with Crippen LogP contribution in [0, 0.1) is 6.92 Å². The molecule has 13 heavy (non-hydrogen) atoms. The summed E-state index contributed by atoms with van der Waals surface area (Å²) in [4.78, 5) is 11.1. The third-order valence-electron chi connectivity index (χ3n) is 1.93. The van der Waals surface area contributed by atoms with E-state index in [9.17, 15) is 4.79 Å². The molecule has 0 amide bonds. The van der Waals surface area contributed by atoms with Crippen LogP contribution >= 0.6 is 0 Å². The molecule has 5 heteroatoms. The lowest BCUT2D eigenvalue weighted by Crippen LogP contribution is -2.25. The topological polar surface area (TPSA) is 70.1 Å². The van der Waals surface area contributed by atoms with Crippen molar-refractivity contribution < 1.29 is 9.53 Å². The molecule has 0 saturated carbocycles. The lowest BCUT2D eigenvalue weighted by Gasteiger charge is -2.10. The first-order chi connectivity index (χ1) is 6.07. The summed E-state index contributed by atoms with van der Waals surface area (Å²) in [6.45, 7) is 1.85. The Kier molecular flexibility index (Phi) is 2.67. The molecular weight excluding hydrogens is 170 g/mol. The van der Waals surface area contributed by atoms with E-state index in [1.807, 2.05) is 6.92 Å². The molecule has 1 heterocycles. The highest BCUT2D eigenvalue weighted by Gasteiger charge is 2.21. The van der Waals surface area contributed by atoms with E-state index in [1.54, 1.807) is 17.9 Å². The van der Waals surface area contributed by atoms with Gasteiger partial charge in [0.05, 0.1) is 19.0 Å². The molecule has 0 spiro atoms. The van der Waals surface area contributed by atoms with Crippen molar-refractivity contribution in [3.05, 3.63) is 17.5 Å². The summed E-state index contributed by atoms with van der Waals surface area (Å²) in [5.74, 6) is -0.452. The van der Waals surface area contributed by atoms with E-state index >= 15 is 0 Å². The van der Waals surface area contributed by atoms with Crippen molar-refractivity contribution in [3.63, 3.8) is 0 Å². The van der Waals surface area contributed by atoms with E-state index in [4.69, 9.17) is 5.73 Å². The zero-order valence-corrected chi connectivity index (χ0v) is 7.94. The third-order valence-corrected chi connectivity index (χ3v) is 1.93. The van der Waals surface area contributed by atoms with Crippen molar-refractivity contribution in [3.8, 4) is 0 Å². The van der Waals surface area contributed by atoms with E-state index in [1.165, 1.54) is 7.11 Å². The van der Waals surface area contributed by atoms with Crippen LogP contribution in [0.4, 0.5) is 0 Å². The van der Waals surface area contributed by atoms with Gasteiger partial charge in [0.15, 0.2) is 0 Å². The fourth-order valence-corrected chi connectivity index (χ4v) is 1.24. The molecule has 72 valence electrons. The van der Waals surface area contributed by atoms with Crippen LogP contribution in [0.2, 0.25) is 0 Å². The first kappa shape index (κ1) is 9.73. The highest BCUT2D eigenvalue weighted by atomic mass is 16.5. The Balaban J connectivity index is 3.00. The van der Waals surface area contributed by atoms with Crippen LogP contribution in [0.5, 0.6) is 0 Å². The number of ether oxygens (including phenoxy) is 1. The molecule has 1 rings (SSSR count). The largest absolute Gasteiger partial charge is 0.468 e. The van der Waals surface area contributed by atoms with Crippen molar-refractivity contribution in [1.82, 2.24) is 9.78 Å². The Bertz CT molecular complexity index is 300. The Hall–Kier alpha value is -1.36. The molecule has 1 unspecified atom stereocenters. The summed E-state index contributed by atoms with van der Waals surface area (Å²) in [6.07, 6.45) is 1.66. The number of aryl methyl sites for hydroxylation is 2. The summed E-state index contributed by atoms with van der Waals surface area (Å²) in [6, 6.07) is -0.752. The SMILES string of the molecule is COC(=O)C(N)c1c(C)cnn1C. The first-order valence-electron chi connectivity index (χ1n) is 3.89. The standard InChI is InChI=1S/C8H13N3O2/c1-5-4-10-11(2)7(5)6(9)8(12)13-3/h4,6H,9H2,1-3H3. The van der Waals surface area contributed by atoms with Crippen LogP contribution in [0.25, 0.3) is 0 Å². The van der Waals surface area contributed by atoms with Gasteiger partial charge in [0.25, 0.3) is 0 Å². The molecule has 0 aliphatic heterocycles. The second-order valence-electron chi connectivity index (χ2n) is 2.84. The number of hydrogen-bond acceptors (Lipinski definition) is 4. The number of esters is 1. The van der Waals surface area contributed by atoms with Gasteiger partial charge in [0, 0.05) is 7.05 Å². The maximum atomic E-state index is 11.1. The minimum Gasteiger partial charge on any atom is -0.468 e. The molecule has 0 radical (unpaired) electrons. The van der Waals surface area contributed by atoms with Gasteiger partial charge in [-0.2, -0.15) is 5.10 Å². The Morgan fingerprint density at radius 2 is 2.38 bits per heavy atom. The summed E-state index contributed by atoms with van der Waals surface area (Å²) in [5.41, 5.74) is 7.24. The maximum absolute atomic E-state index is 11.1. The highest BCUT2D eigenvalue weighted by Crippen LogP contribution is 2.14. The Labute approximate surface area is 76.5 Å². The summed E-state index contributed by atoms with van der Waals surface area (Å²) < 4.78 is 6.12. The van der Waals surface area contributed by atoms with Crippen LogP contribution in [-0.2, 0) is 16.6 Å². The number of methoxy groups -OCH3 is 1. The minimum absolute atomic E-state index is 0.452. The molecule has 5 nitrogen and oxygen atoms in total. The van der Waals surface area contributed by atoms with Gasteiger partial charge in [-0.1, -0.05) is 0 Å². The van der Waals surface area contributed by atoms with Crippen molar-refractivity contribution in [2.24, 2.45) is 12.8 Å².